The summed E-state index contributed by atoms with van der Waals surface area (Å²) in [7, 11) is 0. The minimum atomic E-state index is -0.145. The van der Waals surface area contributed by atoms with Gasteiger partial charge in [-0.25, -0.2) is 0 Å². The van der Waals surface area contributed by atoms with Crippen LogP contribution in [0.3, 0.4) is 0 Å². The quantitative estimate of drug-likeness (QED) is 0.834. The highest BCUT2D eigenvalue weighted by molar-refractivity contribution is 7.10. The van der Waals surface area contributed by atoms with Crippen molar-refractivity contribution in [2.24, 2.45) is 0 Å². The van der Waals surface area contributed by atoms with Gasteiger partial charge in [0, 0.05) is 30.1 Å². The van der Waals surface area contributed by atoms with E-state index in [1.165, 1.54) is 13.0 Å². The Morgan fingerprint density at radius 3 is 2.81 bits per heavy atom. The van der Waals surface area contributed by atoms with E-state index in [0.717, 1.165) is 16.1 Å². The molecule has 0 spiro atoms. The van der Waals surface area contributed by atoms with Crippen molar-refractivity contribution < 1.29 is 9.59 Å². The predicted molar refractivity (Wildman–Crippen MR) is 85.9 cm³/mol. The zero-order valence-corrected chi connectivity index (χ0v) is 12.4. The van der Waals surface area contributed by atoms with E-state index >= 15 is 0 Å². The molecule has 2 amide bonds. The number of amides is 2. The van der Waals surface area contributed by atoms with Crippen LogP contribution in [0, 0.1) is 0 Å². The fraction of sp³-hybridized carbons (Fsp3) is 0.125. The molecule has 2 aromatic rings. The number of carbonyl (C=O) groups is 2. The van der Waals surface area contributed by atoms with E-state index in [-0.39, 0.29) is 11.8 Å². The molecular formula is C16H16N2O2S. The zero-order valence-electron chi connectivity index (χ0n) is 11.6. The van der Waals surface area contributed by atoms with Gasteiger partial charge in [-0.05, 0) is 35.2 Å². The highest BCUT2D eigenvalue weighted by atomic mass is 32.1. The third-order valence-electron chi connectivity index (χ3n) is 2.66. The van der Waals surface area contributed by atoms with Gasteiger partial charge in [0.15, 0.2) is 0 Å². The van der Waals surface area contributed by atoms with Crippen molar-refractivity contribution in [3.8, 4) is 0 Å². The summed E-state index contributed by atoms with van der Waals surface area (Å²) in [6, 6.07) is 11.3. The Kier molecular flexibility index (Phi) is 5.29. The topological polar surface area (TPSA) is 58.2 Å². The van der Waals surface area contributed by atoms with Gasteiger partial charge in [0.25, 0.3) is 0 Å². The SMILES string of the molecule is CC(=O)Nc1cccc(CNC(=O)/C=C/c2cccs2)c1. The number of carbonyl (C=O) groups excluding carboxylic acids is 2. The Hall–Kier alpha value is -2.40. The molecule has 2 N–H and O–H groups in total. The van der Waals surface area contributed by atoms with Crippen LogP contribution in [-0.4, -0.2) is 11.8 Å². The van der Waals surface area contributed by atoms with Crippen molar-refractivity contribution in [1.82, 2.24) is 5.32 Å². The summed E-state index contributed by atoms with van der Waals surface area (Å²) in [4.78, 5) is 23.8. The van der Waals surface area contributed by atoms with E-state index in [1.807, 2.05) is 41.8 Å². The molecule has 0 fully saturated rings. The minimum absolute atomic E-state index is 0.116. The largest absolute Gasteiger partial charge is 0.348 e. The molecule has 21 heavy (non-hydrogen) atoms. The van der Waals surface area contributed by atoms with Crippen molar-refractivity contribution in [3.63, 3.8) is 0 Å². The standard InChI is InChI=1S/C16H16N2O2S/c1-12(19)18-14-5-2-4-13(10-14)11-17-16(20)8-7-15-6-3-9-21-15/h2-10H,11H2,1H3,(H,17,20)(H,18,19)/b8-7+. The molecule has 0 saturated carbocycles. The monoisotopic (exact) mass is 300 g/mol. The highest BCUT2D eigenvalue weighted by Crippen LogP contribution is 2.11. The molecule has 1 aromatic carbocycles. The Balaban J connectivity index is 1.87. The van der Waals surface area contributed by atoms with Gasteiger partial charge < -0.3 is 10.6 Å². The van der Waals surface area contributed by atoms with Crippen LogP contribution in [0.15, 0.2) is 47.9 Å². The third kappa shape index (κ3) is 5.24. The smallest absolute Gasteiger partial charge is 0.244 e. The molecule has 0 unspecified atom stereocenters. The molecular weight excluding hydrogens is 284 g/mol. The summed E-state index contributed by atoms with van der Waals surface area (Å²) < 4.78 is 0. The van der Waals surface area contributed by atoms with Crippen LogP contribution in [0.4, 0.5) is 5.69 Å². The number of hydrogen-bond acceptors (Lipinski definition) is 3. The normalized spacial score (nSPS) is 10.5. The molecule has 4 nitrogen and oxygen atoms in total. The first kappa shape index (κ1) is 15.0. The summed E-state index contributed by atoms with van der Waals surface area (Å²) in [6.45, 7) is 1.88. The highest BCUT2D eigenvalue weighted by Gasteiger charge is 2.00. The fourth-order valence-corrected chi connectivity index (χ4v) is 2.37. The molecule has 0 bridgehead atoms. The lowest BCUT2D eigenvalue weighted by Gasteiger charge is -2.06. The first-order chi connectivity index (χ1) is 10.1. The van der Waals surface area contributed by atoms with Gasteiger partial charge in [0.05, 0.1) is 0 Å². The van der Waals surface area contributed by atoms with Crippen molar-refractivity contribution in [1.29, 1.82) is 0 Å². The molecule has 0 aliphatic carbocycles. The van der Waals surface area contributed by atoms with E-state index in [2.05, 4.69) is 10.6 Å². The van der Waals surface area contributed by atoms with Crippen LogP contribution in [0.1, 0.15) is 17.4 Å². The summed E-state index contributed by atoms with van der Waals surface area (Å²) in [6.07, 6.45) is 3.30. The molecule has 0 aliphatic heterocycles. The number of thiophene rings is 1. The number of hydrogen-bond donors (Lipinski definition) is 2. The summed E-state index contributed by atoms with van der Waals surface area (Å²) >= 11 is 1.58. The molecule has 0 saturated heterocycles. The van der Waals surface area contributed by atoms with E-state index in [1.54, 1.807) is 17.4 Å². The van der Waals surface area contributed by atoms with Gasteiger partial charge in [0.2, 0.25) is 11.8 Å². The third-order valence-corrected chi connectivity index (χ3v) is 3.49. The fourth-order valence-electron chi connectivity index (χ4n) is 1.75. The number of anilines is 1. The van der Waals surface area contributed by atoms with E-state index < -0.39 is 0 Å². The molecule has 0 radical (unpaired) electrons. The van der Waals surface area contributed by atoms with Gasteiger partial charge >= 0.3 is 0 Å². The maximum atomic E-state index is 11.7. The first-order valence-electron chi connectivity index (χ1n) is 6.49. The summed E-state index contributed by atoms with van der Waals surface area (Å²) in [5.41, 5.74) is 1.66. The van der Waals surface area contributed by atoms with Crippen molar-refractivity contribution in [2.75, 3.05) is 5.32 Å². The Morgan fingerprint density at radius 1 is 1.24 bits per heavy atom. The lowest BCUT2D eigenvalue weighted by atomic mass is 10.2. The van der Waals surface area contributed by atoms with E-state index in [9.17, 15) is 9.59 Å². The Labute approximate surface area is 127 Å². The van der Waals surface area contributed by atoms with Crippen LogP contribution in [0.5, 0.6) is 0 Å². The van der Waals surface area contributed by atoms with Crippen molar-refractivity contribution in [2.45, 2.75) is 13.5 Å². The van der Waals surface area contributed by atoms with Gasteiger partial charge in [-0.1, -0.05) is 18.2 Å². The molecule has 5 heteroatoms. The van der Waals surface area contributed by atoms with Gasteiger partial charge in [-0.15, -0.1) is 11.3 Å². The molecule has 108 valence electrons. The average molecular weight is 300 g/mol. The molecule has 1 heterocycles. The second-order valence-corrected chi connectivity index (χ2v) is 5.43. The number of rotatable bonds is 5. The van der Waals surface area contributed by atoms with E-state index in [4.69, 9.17) is 0 Å². The van der Waals surface area contributed by atoms with Crippen LogP contribution >= 0.6 is 11.3 Å². The maximum absolute atomic E-state index is 11.7. The van der Waals surface area contributed by atoms with Gasteiger partial charge in [-0.2, -0.15) is 0 Å². The summed E-state index contributed by atoms with van der Waals surface area (Å²) in [5.74, 6) is -0.261. The van der Waals surface area contributed by atoms with Crippen molar-refractivity contribution in [3.05, 3.63) is 58.3 Å². The maximum Gasteiger partial charge on any atom is 0.244 e. The van der Waals surface area contributed by atoms with Crippen LogP contribution in [0.2, 0.25) is 0 Å². The Bertz CT molecular complexity index is 648. The van der Waals surface area contributed by atoms with Crippen molar-refractivity contribution >= 4 is 34.9 Å². The molecule has 0 atom stereocenters. The molecule has 0 aliphatic rings. The average Bonchev–Trinajstić information content (AvgIpc) is 2.96. The lowest BCUT2D eigenvalue weighted by Crippen LogP contribution is -2.20. The number of nitrogens with one attached hydrogen (secondary N) is 2. The predicted octanol–water partition coefficient (Wildman–Crippen LogP) is 3.04. The van der Waals surface area contributed by atoms with Crippen LogP contribution < -0.4 is 10.6 Å². The summed E-state index contributed by atoms with van der Waals surface area (Å²) in [5, 5.41) is 7.48. The lowest BCUT2D eigenvalue weighted by molar-refractivity contribution is -0.116. The van der Waals surface area contributed by atoms with Gasteiger partial charge in [0.1, 0.15) is 0 Å². The molecule has 2 rings (SSSR count). The Morgan fingerprint density at radius 2 is 2.10 bits per heavy atom. The minimum Gasteiger partial charge on any atom is -0.348 e. The zero-order chi connectivity index (χ0) is 15.1. The van der Waals surface area contributed by atoms with Crippen LogP contribution in [-0.2, 0) is 16.1 Å². The second kappa shape index (κ2) is 7.40. The van der Waals surface area contributed by atoms with Gasteiger partial charge in [-0.3, -0.25) is 9.59 Å². The number of benzene rings is 1. The van der Waals surface area contributed by atoms with Crippen LogP contribution in [0.25, 0.3) is 6.08 Å². The second-order valence-electron chi connectivity index (χ2n) is 4.45. The molecule has 1 aromatic heterocycles. The van der Waals surface area contributed by atoms with E-state index in [0.29, 0.717) is 6.54 Å². The first-order valence-corrected chi connectivity index (χ1v) is 7.37.